The molecule has 0 aromatic heterocycles. The van der Waals surface area contributed by atoms with Crippen molar-refractivity contribution in [2.24, 2.45) is 5.16 Å². The monoisotopic (exact) mass is 311 g/mol. The van der Waals surface area contributed by atoms with Gasteiger partial charge >= 0.3 is 0 Å². The maximum absolute atomic E-state index is 13.0. The zero-order chi connectivity index (χ0) is 16.7. The number of para-hydroxylation sites is 1. The minimum Gasteiger partial charge on any atom is -0.383 e. The van der Waals surface area contributed by atoms with Crippen molar-refractivity contribution in [3.63, 3.8) is 0 Å². The number of hydrogen-bond donors (Lipinski definition) is 1. The molecule has 0 saturated carbocycles. The van der Waals surface area contributed by atoms with Crippen LogP contribution >= 0.6 is 0 Å². The molecule has 6 heteroatoms. The lowest BCUT2D eigenvalue weighted by atomic mass is 10.2. The number of carbonyl (C=O) groups excluding carboxylic acids is 1. The molecule has 0 saturated heterocycles. The summed E-state index contributed by atoms with van der Waals surface area (Å²) in [4.78, 5) is 17.0. The van der Waals surface area contributed by atoms with Crippen LogP contribution < -0.4 is 5.32 Å². The number of hydrogen-bond acceptors (Lipinski definition) is 4. The summed E-state index contributed by atoms with van der Waals surface area (Å²) in [6, 6.07) is 14.4. The van der Waals surface area contributed by atoms with Crippen molar-refractivity contribution >= 4 is 17.8 Å². The Labute approximate surface area is 133 Å². The molecule has 1 amide bonds. The molecule has 0 radical (unpaired) electrons. The summed E-state index contributed by atoms with van der Waals surface area (Å²) in [5, 5.41) is 15.2. The lowest BCUT2D eigenvalue weighted by Gasteiger charge is -2.11. The van der Waals surface area contributed by atoms with E-state index in [1.54, 1.807) is 36.4 Å². The second-order valence-corrected chi connectivity index (χ2v) is 4.68. The van der Waals surface area contributed by atoms with Crippen LogP contribution in [0.3, 0.4) is 0 Å². The zero-order valence-corrected chi connectivity index (χ0v) is 12.4. The van der Waals surface area contributed by atoms with E-state index in [1.165, 1.54) is 25.3 Å². The van der Waals surface area contributed by atoms with Gasteiger partial charge in [0.25, 0.3) is 5.91 Å². The standard InChI is InChI=1S/C17H14FN3O2/c1-12(23-20-11-13-5-4-7-15(18)9-13)17(22)21-16-8-3-2-6-14(16)10-19/h2-9,11-12H,1H3,(H,21,22)/b20-11-/t12-/m0/s1. The van der Waals surface area contributed by atoms with Gasteiger partial charge < -0.3 is 10.2 Å². The molecule has 0 spiro atoms. The fourth-order valence-electron chi connectivity index (χ4n) is 1.74. The summed E-state index contributed by atoms with van der Waals surface area (Å²) in [7, 11) is 0. The number of oxime groups is 1. The van der Waals surface area contributed by atoms with Gasteiger partial charge in [0.1, 0.15) is 11.9 Å². The van der Waals surface area contributed by atoms with Gasteiger partial charge in [0.15, 0.2) is 0 Å². The Bertz CT molecular complexity index is 768. The third kappa shape index (κ3) is 4.64. The number of anilines is 1. The molecule has 0 heterocycles. The maximum Gasteiger partial charge on any atom is 0.268 e. The van der Waals surface area contributed by atoms with Gasteiger partial charge in [-0.1, -0.05) is 29.4 Å². The zero-order valence-electron chi connectivity index (χ0n) is 12.4. The average Bonchev–Trinajstić information content (AvgIpc) is 2.55. The van der Waals surface area contributed by atoms with Crippen molar-refractivity contribution in [1.29, 1.82) is 5.26 Å². The van der Waals surface area contributed by atoms with Crippen LogP contribution in [0.4, 0.5) is 10.1 Å². The van der Waals surface area contributed by atoms with Crippen LogP contribution in [0.15, 0.2) is 53.7 Å². The Morgan fingerprint density at radius 2 is 2.13 bits per heavy atom. The Kier molecular flexibility index (Phi) is 5.42. The Morgan fingerprint density at radius 1 is 1.35 bits per heavy atom. The Hall–Kier alpha value is -3.20. The number of amides is 1. The van der Waals surface area contributed by atoms with Gasteiger partial charge in [-0.3, -0.25) is 4.79 Å². The van der Waals surface area contributed by atoms with Crippen molar-refractivity contribution in [3.05, 3.63) is 65.5 Å². The number of nitriles is 1. The molecule has 2 aromatic rings. The van der Waals surface area contributed by atoms with Gasteiger partial charge in [0.2, 0.25) is 6.10 Å². The number of nitrogens with zero attached hydrogens (tertiary/aromatic N) is 2. The molecule has 5 nitrogen and oxygen atoms in total. The molecular weight excluding hydrogens is 297 g/mol. The number of rotatable bonds is 5. The van der Waals surface area contributed by atoms with Crippen LogP contribution in [0.5, 0.6) is 0 Å². The van der Waals surface area contributed by atoms with E-state index in [9.17, 15) is 9.18 Å². The van der Waals surface area contributed by atoms with E-state index in [0.717, 1.165) is 0 Å². The van der Waals surface area contributed by atoms with Crippen molar-refractivity contribution < 1.29 is 14.0 Å². The second-order valence-electron chi connectivity index (χ2n) is 4.68. The smallest absolute Gasteiger partial charge is 0.268 e. The average molecular weight is 311 g/mol. The van der Waals surface area contributed by atoms with Gasteiger partial charge in [0, 0.05) is 0 Å². The Morgan fingerprint density at radius 3 is 2.87 bits per heavy atom. The second kappa shape index (κ2) is 7.71. The number of nitrogens with one attached hydrogen (secondary N) is 1. The van der Waals surface area contributed by atoms with E-state index in [0.29, 0.717) is 16.8 Å². The van der Waals surface area contributed by atoms with Crippen molar-refractivity contribution in [1.82, 2.24) is 0 Å². The third-order valence-corrected chi connectivity index (χ3v) is 2.94. The van der Waals surface area contributed by atoms with E-state index >= 15 is 0 Å². The molecule has 116 valence electrons. The largest absolute Gasteiger partial charge is 0.383 e. The number of carbonyl (C=O) groups is 1. The van der Waals surface area contributed by atoms with Gasteiger partial charge in [-0.25, -0.2) is 4.39 Å². The van der Waals surface area contributed by atoms with Crippen LogP contribution in [0, 0.1) is 17.1 Å². The van der Waals surface area contributed by atoms with Crippen LogP contribution in [0.25, 0.3) is 0 Å². The number of halogens is 1. The normalized spacial score (nSPS) is 11.7. The molecule has 0 aliphatic carbocycles. The SMILES string of the molecule is C[C@H](O/N=C\c1cccc(F)c1)C(=O)Nc1ccccc1C#N. The summed E-state index contributed by atoms with van der Waals surface area (Å²) in [6.45, 7) is 1.52. The fourth-order valence-corrected chi connectivity index (χ4v) is 1.74. The fraction of sp³-hybridized carbons (Fsp3) is 0.118. The minimum absolute atomic E-state index is 0.358. The molecule has 2 aromatic carbocycles. The highest BCUT2D eigenvalue weighted by Gasteiger charge is 2.15. The lowest BCUT2D eigenvalue weighted by Crippen LogP contribution is -2.26. The lowest BCUT2D eigenvalue weighted by molar-refractivity contribution is -0.126. The Balaban J connectivity index is 1.94. The van der Waals surface area contributed by atoms with E-state index in [-0.39, 0.29) is 5.82 Å². The highest BCUT2D eigenvalue weighted by molar-refractivity contribution is 5.95. The molecule has 0 fully saturated rings. The summed E-state index contributed by atoms with van der Waals surface area (Å²) in [5.74, 6) is -0.822. The molecule has 1 N–H and O–H groups in total. The predicted octanol–water partition coefficient (Wildman–Crippen LogP) is 3.08. The molecule has 2 rings (SSSR count). The van der Waals surface area contributed by atoms with Crippen LogP contribution in [-0.4, -0.2) is 18.2 Å². The van der Waals surface area contributed by atoms with E-state index in [4.69, 9.17) is 10.1 Å². The van der Waals surface area contributed by atoms with Crippen LogP contribution in [0.1, 0.15) is 18.1 Å². The van der Waals surface area contributed by atoms with Gasteiger partial charge in [-0.2, -0.15) is 5.26 Å². The quantitative estimate of drug-likeness (QED) is 0.681. The molecule has 0 bridgehead atoms. The summed E-state index contributed by atoms with van der Waals surface area (Å²) in [5.41, 5.74) is 1.29. The molecule has 23 heavy (non-hydrogen) atoms. The predicted molar refractivity (Wildman–Crippen MR) is 84.3 cm³/mol. The van der Waals surface area contributed by atoms with Crippen LogP contribution in [0.2, 0.25) is 0 Å². The number of benzene rings is 2. The third-order valence-electron chi connectivity index (χ3n) is 2.94. The summed E-state index contributed by atoms with van der Waals surface area (Å²) < 4.78 is 13.0. The van der Waals surface area contributed by atoms with Crippen molar-refractivity contribution in [3.8, 4) is 6.07 Å². The van der Waals surface area contributed by atoms with E-state index in [2.05, 4.69) is 10.5 Å². The summed E-state index contributed by atoms with van der Waals surface area (Å²) in [6.07, 6.45) is 0.447. The molecule has 0 unspecified atom stereocenters. The highest BCUT2D eigenvalue weighted by atomic mass is 19.1. The first-order chi connectivity index (χ1) is 11.1. The molecule has 1 atom stereocenters. The first-order valence-electron chi connectivity index (χ1n) is 6.85. The minimum atomic E-state index is -0.869. The first-order valence-corrected chi connectivity index (χ1v) is 6.85. The topological polar surface area (TPSA) is 74.5 Å². The van der Waals surface area contributed by atoms with Gasteiger partial charge in [0.05, 0.1) is 17.5 Å². The van der Waals surface area contributed by atoms with Gasteiger partial charge in [-0.15, -0.1) is 0 Å². The first kappa shape index (κ1) is 16.2. The van der Waals surface area contributed by atoms with E-state index < -0.39 is 12.0 Å². The highest BCUT2D eigenvalue weighted by Crippen LogP contribution is 2.14. The van der Waals surface area contributed by atoms with Gasteiger partial charge in [-0.05, 0) is 36.8 Å². The van der Waals surface area contributed by atoms with Crippen LogP contribution in [-0.2, 0) is 9.63 Å². The molecule has 0 aliphatic heterocycles. The maximum atomic E-state index is 13.0. The van der Waals surface area contributed by atoms with Crippen molar-refractivity contribution in [2.75, 3.05) is 5.32 Å². The molecular formula is C17H14FN3O2. The molecule has 0 aliphatic rings. The summed E-state index contributed by atoms with van der Waals surface area (Å²) >= 11 is 0. The van der Waals surface area contributed by atoms with E-state index in [1.807, 2.05) is 6.07 Å². The van der Waals surface area contributed by atoms with Crippen molar-refractivity contribution in [2.45, 2.75) is 13.0 Å².